The van der Waals surface area contributed by atoms with Crippen molar-refractivity contribution >= 4 is 6.21 Å². The van der Waals surface area contributed by atoms with Crippen LogP contribution in [0.25, 0.3) is 0 Å². The van der Waals surface area contributed by atoms with Crippen molar-refractivity contribution in [3.05, 3.63) is 0 Å². The SMILES string of the molecule is CCCN1CCC2ON=CC2C1. The highest BCUT2D eigenvalue weighted by molar-refractivity contribution is 5.62. The standard InChI is InChI=1S/C9H16N2O/c1-2-4-11-5-3-9-8(7-11)6-10-12-9/h6,8-9H,2-5,7H2,1H3. The van der Waals surface area contributed by atoms with Gasteiger partial charge in [0.05, 0.1) is 12.1 Å². The van der Waals surface area contributed by atoms with Crippen molar-refractivity contribution in [1.29, 1.82) is 0 Å². The van der Waals surface area contributed by atoms with Crippen LogP contribution in [0.4, 0.5) is 0 Å². The minimum atomic E-state index is 0.387. The molecule has 68 valence electrons. The van der Waals surface area contributed by atoms with E-state index in [0.29, 0.717) is 12.0 Å². The van der Waals surface area contributed by atoms with Gasteiger partial charge in [-0.05, 0) is 13.0 Å². The molecule has 2 heterocycles. The number of oxime groups is 1. The van der Waals surface area contributed by atoms with Crippen LogP contribution < -0.4 is 0 Å². The van der Waals surface area contributed by atoms with Gasteiger partial charge in [-0.3, -0.25) is 0 Å². The van der Waals surface area contributed by atoms with Crippen molar-refractivity contribution < 1.29 is 4.84 Å². The lowest BCUT2D eigenvalue weighted by molar-refractivity contribution is 0.0145. The van der Waals surface area contributed by atoms with Crippen molar-refractivity contribution in [3.8, 4) is 0 Å². The van der Waals surface area contributed by atoms with Crippen molar-refractivity contribution in [2.75, 3.05) is 19.6 Å². The Balaban J connectivity index is 1.87. The summed E-state index contributed by atoms with van der Waals surface area (Å²) in [5.74, 6) is 0.560. The third kappa shape index (κ3) is 1.46. The van der Waals surface area contributed by atoms with Gasteiger partial charge in [-0.15, -0.1) is 0 Å². The van der Waals surface area contributed by atoms with Gasteiger partial charge in [-0.2, -0.15) is 0 Å². The van der Waals surface area contributed by atoms with Crippen LogP contribution in [-0.2, 0) is 4.84 Å². The first-order valence-electron chi connectivity index (χ1n) is 4.82. The Labute approximate surface area is 73.4 Å². The Morgan fingerprint density at radius 1 is 1.67 bits per heavy atom. The number of piperidine rings is 1. The van der Waals surface area contributed by atoms with Crippen LogP contribution in [0.3, 0.4) is 0 Å². The molecule has 0 saturated carbocycles. The first kappa shape index (κ1) is 8.05. The van der Waals surface area contributed by atoms with E-state index in [9.17, 15) is 0 Å². The number of hydrogen-bond donors (Lipinski definition) is 0. The summed E-state index contributed by atoms with van der Waals surface area (Å²) in [7, 11) is 0. The minimum Gasteiger partial charge on any atom is -0.392 e. The molecule has 0 aliphatic carbocycles. The van der Waals surface area contributed by atoms with Crippen molar-refractivity contribution in [2.45, 2.75) is 25.9 Å². The number of nitrogens with zero attached hydrogens (tertiary/aromatic N) is 2. The van der Waals surface area contributed by atoms with Crippen molar-refractivity contribution in [2.24, 2.45) is 11.1 Å². The highest BCUT2D eigenvalue weighted by atomic mass is 16.6. The summed E-state index contributed by atoms with van der Waals surface area (Å²) in [6.07, 6.45) is 4.74. The Morgan fingerprint density at radius 3 is 3.42 bits per heavy atom. The van der Waals surface area contributed by atoms with Crippen LogP contribution in [0, 0.1) is 5.92 Å². The normalized spacial score (nSPS) is 34.8. The van der Waals surface area contributed by atoms with Gasteiger partial charge in [0.2, 0.25) is 0 Å². The number of hydrogen-bond acceptors (Lipinski definition) is 3. The highest BCUT2D eigenvalue weighted by Gasteiger charge is 2.32. The molecule has 0 amide bonds. The average molecular weight is 168 g/mol. The number of rotatable bonds is 2. The van der Waals surface area contributed by atoms with Gasteiger partial charge >= 0.3 is 0 Å². The van der Waals surface area contributed by atoms with Crippen LogP contribution >= 0.6 is 0 Å². The summed E-state index contributed by atoms with van der Waals surface area (Å²) in [5.41, 5.74) is 0. The van der Waals surface area contributed by atoms with Gasteiger partial charge < -0.3 is 9.74 Å². The van der Waals surface area contributed by atoms with Gasteiger partial charge in [-0.25, -0.2) is 0 Å². The van der Waals surface area contributed by atoms with Crippen LogP contribution in [0.15, 0.2) is 5.16 Å². The fourth-order valence-electron chi connectivity index (χ4n) is 2.02. The van der Waals surface area contributed by atoms with Gasteiger partial charge in [0, 0.05) is 19.5 Å². The van der Waals surface area contributed by atoms with Crippen LogP contribution in [-0.4, -0.2) is 36.9 Å². The Kier molecular flexibility index (Phi) is 2.30. The predicted octanol–water partition coefficient (Wildman–Crippen LogP) is 1.10. The first-order chi connectivity index (χ1) is 5.90. The molecule has 0 aromatic heterocycles. The molecule has 2 rings (SSSR count). The molecule has 12 heavy (non-hydrogen) atoms. The van der Waals surface area contributed by atoms with E-state index < -0.39 is 0 Å². The third-order valence-electron chi connectivity index (χ3n) is 2.66. The lowest BCUT2D eigenvalue weighted by Gasteiger charge is -2.32. The molecule has 0 aromatic carbocycles. The zero-order chi connectivity index (χ0) is 8.39. The molecule has 2 unspecified atom stereocenters. The molecule has 0 aromatic rings. The quantitative estimate of drug-likeness (QED) is 0.617. The maximum absolute atomic E-state index is 5.23. The zero-order valence-corrected chi connectivity index (χ0v) is 7.57. The molecular weight excluding hydrogens is 152 g/mol. The van der Waals surface area contributed by atoms with E-state index in [2.05, 4.69) is 17.0 Å². The molecule has 2 aliphatic rings. The molecule has 2 atom stereocenters. The fraction of sp³-hybridized carbons (Fsp3) is 0.889. The molecule has 0 N–H and O–H groups in total. The second kappa shape index (κ2) is 3.44. The zero-order valence-electron chi connectivity index (χ0n) is 7.57. The largest absolute Gasteiger partial charge is 0.392 e. The third-order valence-corrected chi connectivity index (χ3v) is 2.66. The minimum absolute atomic E-state index is 0.387. The molecule has 1 fully saturated rings. The fourth-order valence-corrected chi connectivity index (χ4v) is 2.02. The number of likely N-dealkylation sites (tertiary alicyclic amines) is 1. The second-order valence-corrected chi connectivity index (χ2v) is 3.65. The first-order valence-corrected chi connectivity index (χ1v) is 4.82. The van der Waals surface area contributed by atoms with Gasteiger partial charge in [-0.1, -0.05) is 12.1 Å². The molecule has 3 nitrogen and oxygen atoms in total. The van der Waals surface area contributed by atoms with Crippen molar-refractivity contribution in [3.63, 3.8) is 0 Å². The summed E-state index contributed by atoms with van der Waals surface area (Å²) in [5, 5.41) is 3.87. The Morgan fingerprint density at radius 2 is 2.58 bits per heavy atom. The highest BCUT2D eigenvalue weighted by Crippen LogP contribution is 2.22. The van der Waals surface area contributed by atoms with E-state index in [1.165, 1.54) is 19.5 Å². The Hall–Kier alpha value is -0.570. The number of fused-ring (bicyclic) bond motifs is 1. The van der Waals surface area contributed by atoms with Gasteiger partial charge in [0.25, 0.3) is 0 Å². The van der Waals surface area contributed by atoms with E-state index in [1.807, 2.05) is 6.21 Å². The van der Waals surface area contributed by atoms with Crippen molar-refractivity contribution in [1.82, 2.24) is 4.90 Å². The molecule has 1 saturated heterocycles. The molecule has 0 bridgehead atoms. The van der Waals surface area contributed by atoms with Crippen LogP contribution in [0.1, 0.15) is 19.8 Å². The monoisotopic (exact) mass is 168 g/mol. The molecular formula is C9H16N2O. The topological polar surface area (TPSA) is 24.8 Å². The summed E-state index contributed by atoms with van der Waals surface area (Å²) >= 11 is 0. The van der Waals surface area contributed by atoms with Crippen LogP contribution in [0.5, 0.6) is 0 Å². The maximum Gasteiger partial charge on any atom is 0.137 e. The van der Waals surface area contributed by atoms with E-state index in [1.54, 1.807) is 0 Å². The smallest absolute Gasteiger partial charge is 0.137 e. The maximum atomic E-state index is 5.23. The summed E-state index contributed by atoms with van der Waals surface area (Å²) in [4.78, 5) is 7.73. The van der Waals surface area contributed by atoms with Crippen LogP contribution in [0.2, 0.25) is 0 Å². The molecule has 3 heteroatoms. The van der Waals surface area contributed by atoms with Gasteiger partial charge in [0.1, 0.15) is 6.10 Å². The van der Waals surface area contributed by atoms with E-state index in [4.69, 9.17) is 4.84 Å². The molecule has 0 radical (unpaired) electrons. The summed E-state index contributed by atoms with van der Waals surface area (Å²) in [6, 6.07) is 0. The molecule has 2 aliphatic heterocycles. The second-order valence-electron chi connectivity index (χ2n) is 3.65. The molecule has 0 spiro atoms. The summed E-state index contributed by atoms with van der Waals surface area (Å²) in [6.45, 7) is 5.77. The summed E-state index contributed by atoms with van der Waals surface area (Å²) < 4.78 is 0. The Bertz CT molecular complexity index is 181. The van der Waals surface area contributed by atoms with E-state index in [0.717, 1.165) is 13.0 Å². The average Bonchev–Trinajstić information content (AvgIpc) is 2.51. The lowest BCUT2D eigenvalue weighted by atomic mass is 9.96. The van der Waals surface area contributed by atoms with Gasteiger partial charge in [0.15, 0.2) is 0 Å². The lowest BCUT2D eigenvalue weighted by Crippen LogP contribution is -2.42. The predicted molar refractivity (Wildman–Crippen MR) is 48.2 cm³/mol. The van der Waals surface area contributed by atoms with E-state index >= 15 is 0 Å². The van der Waals surface area contributed by atoms with E-state index in [-0.39, 0.29) is 0 Å².